The number of hydrogen-bond acceptors (Lipinski definition) is 5. The fourth-order valence-corrected chi connectivity index (χ4v) is 4.77. The maximum atomic E-state index is 13.1. The Morgan fingerprint density at radius 2 is 1.53 bits per heavy atom. The molecule has 1 aliphatic carbocycles. The Hall–Kier alpha value is -3.64. The van der Waals surface area contributed by atoms with E-state index in [2.05, 4.69) is 12.1 Å². The number of Topliss-reactive ketones (excluding diaryl/α,β-unsaturated/α-hetero) is 1. The van der Waals surface area contributed by atoms with Crippen LogP contribution >= 0.6 is 0 Å². The van der Waals surface area contributed by atoms with Crippen molar-refractivity contribution >= 4 is 11.9 Å². The van der Waals surface area contributed by atoms with Gasteiger partial charge in [0.25, 0.3) is 0 Å². The molecule has 1 atom stereocenters. The highest BCUT2D eigenvalue weighted by atomic mass is 16.6. The van der Waals surface area contributed by atoms with E-state index in [1.807, 2.05) is 36.4 Å². The summed E-state index contributed by atoms with van der Waals surface area (Å²) in [7, 11) is 0. The molecule has 0 aromatic heterocycles. The van der Waals surface area contributed by atoms with Crippen LogP contribution in [0.2, 0.25) is 0 Å². The van der Waals surface area contributed by atoms with Crippen molar-refractivity contribution in [3.05, 3.63) is 71.8 Å². The molecule has 1 aliphatic heterocycles. The number of benzene rings is 2. The summed E-state index contributed by atoms with van der Waals surface area (Å²) >= 11 is 0. The number of nitriles is 2. The number of amides is 1. The van der Waals surface area contributed by atoms with Crippen LogP contribution in [0.25, 0.3) is 0 Å². The fraction of sp³-hybridized carbons (Fsp3) is 0.333. The largest absolute Gasteiger partial charge is 0.445 e. The molecule has 2 fully saturated rings. The molecule has 0 radical (unpaired) electrons. The second-order valence-corrected chi connectivity index (χ2v) is 7.88. The molecule has 1 saturated heterocycles. The number of ether oxygens (including phenoxy) is 1. The highest BCUT2D eigenvalue weighted by Gasteiger charge is 2.80. The van der Waals surface area contributed by atoms with E-state index in [-0.39, 0.29) is 12.4 Å². The molecule has 2 aromatic rings. The molecule has 0 bridgehead atoms. The van der Waals surface area contributed by atoms with Gasteiger partial charge in [0.05, 0.1) is 18.1 Å². The number of ketones is 1. The summed E-state index contributed by atoms with van der Waals surface area (Å²) in [6.45, 7) is 0.908. The molecule has 150 valence electrons. The zero-order chi connectivity index (χ0) is 21.2. The van der Waals surface area contributed by atoms with Crippen LogP contribution in [-0.2, 0) is 11.3 Å². The smallest absolute Gasteiger partial charge is 0.410 e. The van der Waals surface area contributed by atoms with E-state index in [9.17, 15) is 20.1 Å². The maximum Gasteiger partial charge on any atom is 0.410 e. The first-order valence-electron chi connectivity index (χ1n) is 9.95. The number of carbonyl (C=O) groups excluding carboxylic acids is 2. The van der Waals surface area contributed by atoms with Crippen LogP contribution in [0.4, 0.5) is 4.79 Å². The summed E-state index contributed by atoms with van der Waals surface area (Å²) in [4.78, 5) is 27.1. The molecule has 6 heteroatoms. The van der Waals surface area contributed by atoms with E-state index < -0.39 is 22.8 Å². The van der Waals surface area contributed by atoms with Crippen LogP contribution in [0, 0.1) is 39.4 Å². The van der Waals surface area contributed by atoms with E-state index in [0.29, 0.717) is 31.5 Å². The lowest BCUT2D eigenvalue weighted by molar-refractivity contribution is 0.0742. The summed E-state index contributed by atoms with van der Waals surface area (Å²) in [6, 6.07) is 22.5. The van der Waals surface area contributed by atoms with Gasteiger partial charge >= 0.3 is 6.09 Å². The second-order valence-electron chi connectivity index (χ2n) is 7.88. The number of nitrogens with zero attached hydrogens (tertiary/aromatic N) is 3. The molecule has 1 amide bonds. The lowest BCUT2D eigenvalue weighted by Gasteiger charge is -2.32. The predicted molar refractivity (Wildman–Crippen MR) is 108 cm³/mol. The van der Waals surface area contributed by atoms with Crippen LogP contribution < -0.4 is 0 Å². The van der Waals surface area contributed by atoms with Crippen LogP contribution in [-0.4, -0.2) is 29.9 Å². The van der Waals surface area contributed by atoms with E-state index in [4.69, 9.17) is 4.74 Å². The molecule has 2 aromatic carbocycles. The molecule has 1 heterocycles. The molecule has 1 spiro atoms. The van der Waals surface area contributed by atoms with Crippen LogP contribution in [0.1, 0.15) is 28.8 Å². The van der Waals surface area contributed by atoms with Crippen molar-refractivity contribution in [1.82, 2.24) is 4.90 Å². The van der Waals surface area contributed by atoms with Gasteiger partial charge in [-0.05, 0) is 18.4 Å². The van der Waals surface area contributed by atoms with Crippen molar-refractivity contribution in [1.29, 1.82) is 10.5 Å². The molecule has 0 unspecified atom stereocenters. The Morgan fingerprint density at radius 3 is 2.10 bits per heavy atom. The molecule has 2 aliphatic rings. The number of hydrogen-bond donors (Lipinski definition) is 0. The average Bonchev–Trinajstić information content (AvgIpc) is 3.38. The van der Waals surface area contributed by atoms with Gasteiger partial charge in [-0.25, -0.2) is 4.79 Å². The molecule has 30 heavy (non-hydrogen) atoms. The van der Waals surface area contributed by atoms with Gasteiger partial charge in [0.15, 0.2) is 11.2 Å². The van der Waals surface area contributed by atoms with Crippen LogP contribution in [0.3, 0.4) is 0 Å². The summed E-state index contributed by atoms with van der Waals surface area (Å²) < 4.78 is 5.39. The van der Waals surface area contributed by atoms with Gasteiger partial charge < -0.3 is 9.64 Å². The van der Waals surface area contributed by atoms with E-state index in [1.54, 1.807) is 29.2 Å². The molecule has 6 nitrogen and oxygen atoms in total. The Morgan fingerprint density at radius 1 is 0.967 bits per heavy atom. The van der Waals surface area contributed by atoms with Gasteiger partial charge in [-0.2, -0.15) is 10.5 Å². The lowest BCUT2D eigenvalue weighted by atomic mass is 9.84. The highest BCUT2D eigenvalue weighted by molar-refractivity contribution is 6.02. The maximum absolute atomic E-state index is 13.1. The van der Waals surface area contributed by atoms with Gasteiger partial charge in [-0.15, -0.1) is 0 Å². The Labute approximate surface area is 175 Å². The first-order valence-corrected chi connectivity index (χ1v) is 9.95. The van der Waals surface area contributed by atoms with E-state index in [1.165, 1.54) is 0 Å². The molecular formula is C24H21N3O3. The summed E-state index contributed by atoms with van der Waals surface area (Å²) in [5.74, 6) is -0.830. The van der Waals surface area contributed by atoms with Crippen molar-refractivity contribution in [3.8, 4) is 12.1 Å². The number of likely N-dealkylation sites (tertiary alicyclic amines) is 1. The molecular weight excluding hydrogens is 378 g/mol. The Bertz CT molecular complexity index is 1010. The van der Waals surface area contributed by atoms with Gasteiger partial charge in [0.2, 0.25) is 0 Å². The third-order valence-electron chi connectivity index (χ3n) is 6.48. The normalized spacial score (nSPS) is 20.6. The SMILES string of the molecule is N#CC1(C#N)[C@H](C(=O)c2ccccc2)C12CCN(C(=O)OCc1ccccc1)CC2. The van der Waals surface area contributed by atoms with Crippen LogP contribution in [0.5, 0.6) is 0 Å². The van der Waals surface area contributed by atoms with Crippen molar-refractivity contribution < 1.29 is 14.3 Å². The quantitative estimate of drug-likeness (QED) is 0.726. The number of carbonyl (C=O) groups is 2. The topological polar surface area (TPSA) is 94.2 Å². The zero-order valence-electron chi connectivity index (χ0n) is 16.5. The Kier molecular flexibility index (Phi) is 5.01. The van der Waals surface area contributed by atoms with Gasteiger partial charge in [0, 0.05) is 24.1 Å². The van der Waals surface area contributed by atoms with Gasteiger partial charge in [0.1, 0.15) is 6.61 Å². The second kappa shape index (κ2) is 7.65. The summed E-state index contributed by atoms with van der Waals surface area (Å²) in [5, 5.41) is 19.6. The minimum atomic E-state index is -1.33. The standard InChI is InChI=1S/C24H21N3O3/c25-16-24(17-26)21(20(28)19-9-5-2-6-10-19)23(24)11-13-27(14-12-23)22(29)30-15-18-7-3-1-4-8-18/h1-10,21H,11-15H2/t21-/m1/s1. The monoisotopic (exact) mass is 399 g/mol. The average molecular weight is 399 g/mol. The fourth-order valence-electron chi connectivity index (χ4n) is 4.77. The molecule has 0 N–H and O–H groups in total. The van der Waals surface area contributed by atoms with Gasteiger partial charge in [-0.3, -0.25) is 4.79 Å². The van der Waals surface area contributed by atoms with Crippen molar-refractivity contribution in [2.75, 3.05) is 13.1 Å². The third-order valence-corrected chi connectivity index (χ3v) is 6.48. The summed E-state index contributed by atoms with van der Waals surface area (Å²) in [5.41, 5.74) is -0.624. The number of rotatable bonds is 4. The molecule has 1 saturated carbocycles. The van der Waals surface area contributed by atoms with Crippen molar-refractivity contribution in [3.63, 3.8) is 0 Å². The minimum Gasteiger partial charge on any atom is -0.445 e. The first-order chi connectivity index (χ1) is 14.6. The van der Waals surface area contributed by atoms with E-state index >= 15 is 0 Å². The minimum absolute atomic E-state index is 0.168. The molecule has 4 rings (SSSR count). The summed E-state index contributed by atoms with van der Waals surface area (Å²) in [6.07, 6.45) is 0.440. The Balaban J connectivity index is 1.44. The third kappa shape index (κ3) is 3.02. The number of piperidine rings is 1. The van der Waals surface area contributed by atoms with Crippen molar-refractivity contribution in [2.24, 2.45) is 16.7 Å². The lowest BCUT2D eigenvalue weighted by Crippen LogP contribution is -2.41. The predicted octanol–water partition coefficient (Wildman–Crippen LogP) is 3.95. The zero-order valence-corrected chi connectivity index (χ0v) is 16.5. The van der Waals surface area contributed by atoms with E-state index in [0.717, 1.165) is 5.56 Å². The van der Waals surface area contributed by atoms with Crippen molar-refractivity contribution in [2.45, 2.75) is 19.4 Å². The van der Waals surface area contributed by atoms with Crippen LogP contribution in [0.15, 0.2) is 60.7 Å². The highest BCUT2D eigenvalue weighted by Crippen LogP contribution is 2.74. The van der Waals surface area contributed by atoms with Gasteiger partial charge in [-0.1, -0.05) is 60.7 Å². The first kappa shape index (κ1) is 19.7.